The fourth-order valence-electron chi connectivity index (χ4n) is 2.05. The molecular weight excluding hydrogens is 221 g/mol. The predicted octanol–water partition coefficient (Wildman–Crippen LogP) is 2.45. The van der Waals surface area contributed by atoms with Crippen molar-refractivity contribution in [1.29, 1.82) is 0 Å². The van der Waals surface area contributed by atoms with Crippen molar-refractivity contribution < 1.29 is 13.9 Å². The van der Waals surface area contributed by atoms with E-state index in [0.717, 1.165) is 37.4 Å². The number of hydrogen-bond donors (Lipinski definition) is 0. The molecule has 0 amide bonds. The van der Waals surface area contributed by atoms with Crippen molar-refractivity contribution in [3.8, 4) is 5.75 Å². The molecule has 94 valence electrons. The predicted molar refractivity (Wildman–Crippen MR) is 65.2 cm³/mol. The minimum absolute atomic E-state index is 0.217. The largest absolute Gasteiger partial charge is 0.489 e. The summed E-state index contributed by atoms with van der Waals surface area (Å²) in [5.41, 5.74) is 0.860. The lowest BCUT2D eigenvalue weighted by Crippen LogP contribution is -2.19. The molecule has 2 rings (SSSR count). The van der Waals surface area contributed by atoms with E-state index in [0.29, 0.717) is 13.2 Å². The topological polar surface area (TPSA) is 21.7 Å². The van der Waals surface area contributed by atoms with Gasteiger partial charge in [-0.3, -0.25) is 0 Å². The molecule has 1 saturated heterocycles. The van der Waals surface area contributed by atoms with Crippen LogP contribution >= 0.6 is 0 Å². The molecule has 0 aliphatic carbocycles. The second-order valence-corrected chi connectivity index (χ2v) is 4.15. The third kappa shape index (κ3) is 3.09. The van der Waals surface area contributed by atoms with Gasteiger partial charge in [0.15, 0.2) is 0 Å². The highest BCUT2D eigenvalue weighted by molar-refractivity contribution is 5.59. The van der Waals surface area contributed by atoms with Crippen LogP contribution in [0.1, 0.15) is 12.8 Å². The van der Waals surface area contributed by atoms with Crippen LogP contribution in [-0.2, 0) is 4.74 Å². The molecule has 1 aromatic rings. The summed E-state index contributed by atoms with van der Waals surface area (Å²) in [7, 11) is 1.63. The number of nitrogens with zero attached hydrogens (tertiary/aromatic N) is 1. The van der Waals surface area contributed by atoms with Gasteiger partial charge in [0, 0.05) is 26.3 Å². The molecule has 1 aliphatic rings. The Balaban J connectivity index is 2.12. The van der Waals surface area contributed by atoms with Gasteiger partial charge in [-0.25, -0.2) is 4.39 Å². The minimum Gasteiger partial charge on any atom is -0.489 e. The summed E-state index contributed by atoms with van der Waals surface area (Å²) in [6, 6.07) is 4.67. The molecule has 1 heterocycles. The van der Waals surface area contributed by atoms with E-state index in [1.807, 2.05) is 0 Å². The van der Waals surface area contributed by atoms with Gasteiger partial charge in [0.25, 0.3) is 0 Å². The van der Waals surface area contributed by atoms with E-state index < -0.39 is 0 Å². The Morgan fingerprint density at radius 2 is 2.00 bits per heavy atom. The van der Waals surface area contributed by atoms with Gasteiger partial charge in [-0.15, -0.1) is 0 Å². The normalized spacial score (nSPS) is 15.3. The van der Waals surface area contributed by atoms with Crippen LogP contribution in [0.4, 0.5) is 10.1 Å². The zero-order chi connectivity index (χ0) is 12.1. The first-order valence-corrected chi connectivity index (χ1v) is 5.97. The number of rotatable bonds is 5. The molecule has 1 aliphatic heterocycles. The first kappa shape index (κ1) is 12.2. The van der Waals surface area contributed by atoms with E-state index >= 15 is 0 Å². The van der Waals surface area contributed by atoms with E-state index in [4.69, 9.17) is 9.47 Å². The number of halogens is 1. The summed E-state index contributed by atoms with van der Waals surface area (Å²) >= 11 is 0. The summed E-state index contributed by atoms with van der Waals surface area (Å²) in [5.74, 6) is 0.524. The van der Waals surface area contributed by atoms with Gasteiger partial charge in [-0.1, -0.05) is 0 Å². The standard InChI is InChI=1S/C13H18FNO2/c1-16-8-9-17-13-5-4-11(14)10-12(13)15-6-2-3-7-15/h4-5,10H,2-3,6-9H2,1H3. The van der Waals surface area contributed by atoms with Crippen LogP contribution in [0.25, 0.3) is 0 Å². The Labute approximate surface area is 101 Å². The summed E-state index contributed by atoms with van der Waals surface area (Å²) in [4.78, 5) is 2.17. The Kier molecular flexibility index (Phi) is 4.20. The van der Waals surface area contributed by atoms with E-state index in [1.54, 1.807) is 19.2 Å². The summed E-state index contributed by atoms with van der Waals surface area (Å²) in [6.07, 6.45) is 2.32. The van der Waals surface area contributed by atoms with Crippen LogP contribution in [-0.4, -0.2) is 33.4 Å². The molecule has 0 spiro atoms. The maximum Gasteiger partial charge on any atom is 0.142 e. The lowest BCUT2D eigenvalue weighted by Gasteiger charge is -2.21. The van der Waals surface area contributed by atoms with Gasteiger partial charge in [-0.05, 0) is 25.0 Å². The molecule has 0 unspecified atom stereocenters. The van der Waals surface area contributed by atoms with Crippen molar-refractivity contribution in [3.05, 3.63) is 24.0 Å². The molecule has 17 heavy (non-hydrogen) atoms. The highest BCUT2D eigenvalue weighted by Crippen LogP contribution is 2.31. The lowest BCUT2D eigenvalue weighted by atomic mass is 10.2. The average molecular weight is 239 g/mol. The summed E-state index contributed by atoms with van der Waals surface area (Å²) in [5, 5.41) is 0. The summed E-state index contributed by atoms with van der Waals surface area (Å²) in [6.45, 7) is 2.98. The van der Waals surface area contributed by atoms with Gasteiger partial charge >= 0.3 is 0 Å². The molecular formula is C13H18FNO2. The zero-order valence-electron chi connectivity index (χ0n) is 10.1. The maximum atomic E-state index is 13.3. The monoisotopic (exact) mass is 239 g/mol. The Morgan fingerprint density at radius 3 is 2.71 bits per heavy atom. The van der Waals surface area contributed by atoms with Gasteiger partial charge in [-0.2, -0.15) is 0 Å². The Morgan fingerprint density at radius 1 is 1.24 bits per heavy atom. The third-order valence-corrected chi connectivity index (χ3v) is 2.91. The molecule has 0 bridgehead atoms. The van der Waals surface area contributed by atoms with E-state index in [1.165, 1.54) is 6.07 Å². The quantitative estimate of drug-likeness (QED) is 0.737. The number of benzene rings is 1. The molecule has 0 atom stereocenters. The Hall–Kier alpha value is -1.29. The molecule has 0 radical (unpaired) electrons. The molecule has 1 fully saturated rings. The molecule has 0 aromatic heterocycles. The van der Waals surface area contributed by atoms with Crippen molar-refractivity contribution in [2.45, 2.75) is 12.8 Å². The molecule has 1 aromatic carbocycles. The van der Waals surface area contributed by atoms with Gasteiger partial charge in [0.1, 0.15) is 18.2 Å². The van der Waals surface area contributed by atoms with E-state index in [-0.39, 0.29) is 5.82 Å². The van der Waals surface area contributed by atoms with Crippen molar-refractivity contribution in [2.75, 3.05) is 38.3 Å². The lowest BCUT2D eigenvalue weighted by molar-refractivity contribution is 0.146. The molecule has 3 nitrogen and oxygen atoms in total. The molecule has 0 saturated carbocycles. The number of hydrogen-bond acceptors (Lipinski definition) is 3. The van der Waals surface area contributed by atoms with Crippen LogP contribution in [0.3, 0.4) is 0 Å². The van der Waals surface area contributed by atoms with E-state index in [2.05, 4.69) is 4.90 Å². The van der Waals surface area contributed by atoms with Crippen molar-refractivity contribution >= 4 is 5.69 Å². The zero-order valence-corrected chi connectivity index (χ0v) is 10.1. The van der Waals surface area contributed by atoms with Crippen molar-refractivity contribution in [1.82, 2.24) is 0 Å². The van der Waals surface area contributed by atoms with Crippen LogP contribution in [0.2, 0.25) is 0 Å². The fraction of sp³-hybridized carbons (Fsp3) is 0.538. The fourth-order valence-corrected chi connectivity index (χ4v) is 2.05. The number of anilines is 1. The highest BCUT2D eigenvalue weighted by Gasteiger charge is 2.17. The van der Waals surface area contributed by atoms with Crippen molar-refractivity contribution in [3.63, 3.8) is 0 Å². The van der Waals surface area contributed by atoms with Crippen molar-refractivity contribution in [2.24, 2.45) is 0 Å². The van der Waals surface area contributed by atoms with Crippen LogP contribution in [0, 0.1) is 5.82 Å². The second-order valence-electron chi connectivity index (χ2n) is 4.15. The number of ether oxygens (including phenoxy) is 2. The van der Waals surface area contributed by atoms with Gasteiger partial charge in [0.05, 0.1) is 12.3 Å². The first-order chi connectivity index (χ1) is 8.31. The third-order valence-electron chi connectivity index (χ3n) is 2.91. The van der Waals surface area contributed by atoms with Crippen LogP contribution in [0.5, 0.6) is 5.75 Å². The Bertz CT molecular complexity index is 364. The molecule has 0 N–H and O–H groups in total. The van der Waals surface area contributed by atoms with Crippen LogP contribution < -0.4 is 9.64 Å². The van der Waals surface area contributed by atoms with E-state index in [9.17, 15) is 4.39 Å². The van der Waals surface area contributed by atoms with Crippen LogP contribution in [0.15, 0.2) is 18.2 Å². The SMILES string of the molecule is COCCOc1ccc(F)cc1N1CCCC1. The summed E-state index contributed by atoms with van der Waals surface area (Å²) < 4.78 is 23.8. The first-order valence-electron chi connectivity index (χ1n) is 5.97. The average Bonchev–Trinajstić information content (AvgIpc) is 2.85. The number of methoxy groups -OCH3 is 1. The van der Waals surface area contributed by atoms with Gasteiger partial charge in [0.2, 0.25) is 0 Å². The smallest absolute Gasteiger partial charge is 0.142 e. The molecule has 4 heteroatoms. The van der Waals surface area contributed by atoms with Gasteiger partial charge < -0.3 is 14.4 Å². The second kappa shape index (κ2) is 5.87. The minimum atomic E-state index is -0.217. The highest BCUT2D eigenvalue weighted by atomic mass is 19.1. The maximum absolute atomic E-state index is 13.3.